The second-order valence-electron chi connectivity index (χ2n) is 9.26. The molecule has 1 heterocycles. The molecule has 0 saturated carbocycles. The van der Waals surface area contributed by atoms with E-state index in [9.17, 15) is 23.1 Å². The Bertz CT molecular complexity index is 1290. The quantitative estimate of drug-likeness (QED) is 0.263. The molecule has 3 aromatic rings. The molecule has 36 heavy (non-hydrogen) atoms. The monoisotopic (exact) mass is 514 g/mol. The number of aromatic nitrogens is 1. The Morgan fingerprint density at radius 1 is 1.06 bits per heavy atom. The number of anilines is 1. The van der Waals surface area contributed by atoms with Crippen LogP contribution in [0.3, 0.4) is 0 Å². The van der Waals surface area contributed by atoms with Crippen molar-refractivity contribution in [3.63, 3.8) is 0 Å². The van der Waals surface area contributed by atoms with Crippen molar-refractivity contribution < 1.29 is 23.1 Å². The zero-order valence-corrected chi connectivity index (χ0v) is 21.6. The van der Waals surface area contributed by atoms with E-state index >= 15 is 0 Å². The number of carbonyl (C=O) groups excluding carboxylic acids is 1. The molecule has 1 unspecified atom stereocenters. The first-order valence-corrected chi connectivity index (χ1v) is 13.5. The van der Waals surface area contributed by atoms with Crippen molar-refractivity contribution in [2.24, 2.45) is 5.92 Å². The Morgan fingerprint density at radius 3 is 2.42 bits per heavy atom. The molecule has 0 radical (unpaired) electrons. The van der Waals surface area contributed by atoms with Crippen LogP contribution < -0.4 is 10.6 Å². The van der Waals surface area contributed by atoms with E-state index < -0.39 is 22.0 Å². The van der Waals surface area contributed by atoms with Gasteiger partial charge in [0.15, 0.2) is 0 Å². The van der Waals surface area contributed by atoms with Gasteiger partial charge in [0.05, 0.1) is 10.6 Å². The Kier molecular flexibility index (Phi) is 9.11. The molecule has 0 bridgehead atoms. The highest BCUT2D eigenvalue weighted by molar-refractivity contribution is 7.89. The summed E-state index contributed by atoms with van der Waals surface area (Å²) in [4.78, 5) is 27.6. The summed E-state index contributed by atoms with van der Waals surface area (Å²) in [6, 6.07) is 12.5. The van der Waals surface area contributed by atoms with E-state index in [0.717, 1.165) is 20.8 Å². The number of para-hydroxylation sites is 1. The number of benzene rings is 2. The van der Waals surface area contributed by atoms with Crippen LogP contribution in [-0.2, 0) is 14.8 Å². The number of carboxylic acid groups (broad SMARTS) is 1. The number of urea groups is 1. The average Bonchev–Trinajstić information content (AvgIpc) is 3.23. The Labute approximate surface area is 211 Å². The molecule has 0 fully saturated rings. The van der Waals surface area contributed by atoms with E-state index in [4.69, 9.17) is 0 Å². The lowest BCUT2D eigenvalue weighted by molar-refractivity contribution is -0.141. The average molecular weight is 515 g/mol. The predicted octanol–water partition coefficient (Wildman–Crippen LogP) is 4.57. The number of aromatic amines is 1. The molecule has 1 aromatic heterocycles. The van der Waals surface area contributed by atoms with Gasteiger partial charge in [0.25, 0.3) is 0 Å². The van der Waals surface area contributed by atoms with Crippen LogP contribution >= 0.6 is 0 Å². The predicted molar refractivity (Wildman–Crippen MR) is 141 cm³/mol. The third-order valence-corrected chi connectivity index (χ3v) is 7.72. The zero-order chi connectivity index (χ0) is 26.3. The summed E-state index contributed by atoms with van der Waals surface area (Å²) in [5.74, 6) is -1.24. The molecule has 0 saturated heterocycles. The minimum Gasteiger partial charge on any atom is -0.480 e. The number of rotatable bonds is 12. The summed E-state index contributed by atoms with van der Waals surface area (Å²) in [5, 5.41) is 16.4. The second-order valence-corrected chi connectivity index (χ2v) is 11.2. The number of sulfonamides is 1. The number of aryl methyl sites for hydroxylation is 1. The van der Waals surface area contributed by atoms with E-state index in [1.807, 2.05) is 45.0 Å². The third kappa shape index (κ3) is 6.86. The Balaban J connectivity index is 1.58. The number of hydrogen-bond acceptors (Lipinski definition) is 4. The molecule has 0 aliphatic carbocycles. The van der Waals surface area contributed by atoms with Gasteiger partial charge >= 0.3 is 12.0 Å². The maximum Gasteiger partial charge on any atom is 0.322 e. The fourth-order valence-corrected chi connectivity index (χ4v) is 5.77. The first kappa shape index (κ1) is 27.2. The van der Waals surface area contributed by atoms with Crippen molar-refractivity contribution in [2.75, 3.05) is 18.4 Å². The SMILES string of the molecule is Cc1ccc(S(=O)(=O)N(CC(C)C)C(CCCCNC(=O)Nc2c[nH]c3ccccc23)C(=O)O)cc1. The number of nitrogens with one attached hydrogen (secondary N) is 3. The molecule has 0 spiro atoms. The Morgan fingerprint density at radius 2 is 1.75 bits per heavy atom. The van der Waals surface area contributed by atoms with Crippen molar-refractivity contribution in [1.29, 1.82) is 0 Å². The molecule has 2 aromatic carbocycles. The van der Waals surface area contributed by atoms with Gasteiger partial charge in [-0.15, -0.1) is 0 Å². The highest BCUT2D eigenvalue weighted by Gasteiger charge is 2.35. The van der Waals surface area contributed by atoms with Crippen LogP contribution in [0, 0.1) is 12.8 Å². The van der Waals surface area contributed by atoms with Crippen molar-refractivity contribution in [3.8, 4) is 0 Å². The summed E-state index contributed by atoms with van der Waals surface area (Å²) in [6.07, 6.45) is 2.80. The molecule has 1 atom stereocenters. The molecular weight excluding hydrogens is 480 g/mol. The number of unbranched alkanes of at least 4 members (excludes halogenated alkanes) is 1. The minimum atomic E-state index is -3.99. The lowest BCUT2D eigenvalue weighted by atomic mass is 10.1. The molecule has 3 rings (SSSR count). The third-order valence-electron chi connectivity index (χ3n) is 5.83. The summed E-state index contributed by atoms with van der Waals surface area (Å²) < 4.78 is 27.8. The highest BCUT2D eigenvalue weighted by Crippen LogP contribution is 2.24. The molecule has 10 heteroatoms. The number of carboxylic acids is 1. The lowest BCUT2D eigenvalue weighted by Gasteiger charge is -2.29. The molecule has 9 nitrogen and oxygen atoms in total. The van der Waals surface area contributed by atoms with Gasteiger partial charge in [0.2, 0.25) is 10.0 Å². The van der Waals surface area contributed by atoms with Crippen molar-refractivity contribution >= 4 is 38.6 Å². The van der Waals surface area contributed by atoms with Gasteiger partial charge < -0.3 is 20.7 Å². The summed E-state index contributed by atoms with van der Waals surface area (Å²) in [5.41, 5.74) is 2.50. The van der Waals surface area contributed by atoms with Crippen LogP contribution in [0.1, 0.15) is 38.7 Å². The fourth-order valence-electron chi connectivity index (χ4n) is 4.00. The lowest BCUT2D eigenvalue weighted by Crippen LogP contribution is -2.46. The number of nitrogens with zero attached hydrogens (tertiary/aromatic N) is 1. The van der Waals surface area contributed by atoms with Gasteiger partial charge in [-0.05, 0) is 50.3 Å². The first-order chi connectivity index (χ1) is 17.1. The van der Waals surface area contributed by atoms with E-state index in [0.29, 0.717) is 25.1 Å². The molecule has 4 N–H and O–H groups in total. The maximum atomic E-state index is 13.3. The highest BCUT2D eigenvalue weighted by atomic mass is 32.2. The first-order valence-electron chi connectivity index (χ1n) is 12.0. The number of hydrogen-bond donors (Lipinski definition) is 4. The minimum absolute atomic E-state index is 0.0538. The smallest absolute Gasteiger partial charge is 0.322 e. The van der Waals surface area contributed by atoms with E-state index in [1.165, 1.54) is 12.1 Å². The van der Waals surface area contributed by atoms with Gasteiger partial charge in [0.1, 0.15) is 6.04 Å². The van der Waals surface area contributed by atoms with Gasteiger partial charge in [-0.25, -0.2) is 13.2 Å². The van der Waals surface area contributed by atoms with Gasteiger partial charge in [-0.3, -0.25) is 4.79 Å². The van der Waals surface area contributed by atoms with Gasteiger partial charge in [-0.1, -0.05) is 49.7 Å². The van der Waals surface area contributed by atoms with Gasteiger partial charge in [0, 0.05) is 30.2 Å². The van der Waals surface area contributed by atoms with E-state index in [-0.39, 0.29) is 29.8 Å². The summed E-state index contributed by atoms with van der Waals surface area (Å²) in [6.45, 7) is 5.99. The molecule has 0 aliphatic heterocycles. The van der Waals surface area contributed by atoms with Crippen molar-refractivity contribution in [2.45, 2.75) is 51.0 Å². The van der Waals surface area contributed by atoms with Crippen LogP contribution in [0.4, 0.5) is 10.5 Å². The molecule has 0 aliphatic rings. The molecular formula is C26H34N4O5S. The topological polar surface area (TPSA) is 132 Å². The van der Waals surface area contributed by atoms with Crippen LogP contribution in [0.2, 0.25) is 0 Å². The van der Waals surface area contributed by atoms with Crippen LogP contribution in [0.5, 0.6) is 0 Å². The largest absolute Gasteiger partial charge is 0.480 e. The molecule has 194 valence electrons. The number of fused-ring (bicyclic) bond motifs is 1. The molecule has 2 amide bonds. The second kappa shape index (κ2) is 12.0. The van der Waals surface area contributed by atoms with Crippen molar-refractivity contribution in [3.05, 3.63) is 60.3 Å². The number of H-pyrrole nitrogens is 1. The summed E-state index contributed by atoms with van der Waals surface area (Å²) >= 11 is 0. The number of amides is 2. The zero-order valence-electron chi connectivity index (χ0n) is 20.8. The van der Waals surface area contributed by atoms with Crippen LogP contribution in [-0.4, -0.2) is 53.9 Å². The van der Waals surface area contributed by atoms with Crippen molar-refractivity contribution in [1.82, 2.24) is 14.6 Å². The summed E-state index contributed by atoms with van der Waals surface area (Å²) in [7, 11) is -3.99. The van der Waals surface area contributed by atoms with Gasteiger partial charge in [-0.2, -0.15) is 4.31 Å². The normalized spacial score (nSPS) is 12.7. The number of aliphatic carboxylic acids is 1. The maximum absolute atomic E-state index is 13.3. The fraction of sp³-hybridized carbons (Fsp3) is 0.385. The number of carbonyl (C=O) groups is 2. The Hall–Kier alpha value is -3.37. The van der Waals surface area contributed by atoms with Crippen LogP contribution in [0.25, 0.3) is 10.9 Å². The standard InChI is InChI=1S/C26H34N4O5S/c1-18(2)17-30(36(34,35)20-13-11-19(3)12-14-20)24(25(31)32)10-6-7-15-27-26(33)29-23-16-28-22-9-5-4-8-21(22)23/h4-5,8-9,11-14,16,18,24,28H,6-7,10,15,17H2,1-3H3,(H,31,32)(H2,27,29,33). The van der Waals surface area contributed by atoms with E-state index in [2.05, 4.69) is 15.6 Å². The van der Waals surface area contributed by atoms with E-state index in [1.54, 1.807) is 18.3 Å². The van der Waals surface area contributed by atoms with Crippen LogP contribution in [0.15, 0.2) is 59.6 Å².